The molecule has 26 heavy (non-hydrogen) atoms. The lowest BCUT2D eigenvalue weighted by Gasteiger charge is -2.20. The van der Waals surface area contributed by atoms with Gasteiger partial charge >= 0.3 is 0 Å². The molecule has 0 saturated heterocycles. The molecule has 1 aromatic carbocycles. The molecular weight excluding hydrogens is 324 g/mol. The second-order valence-electron chi connectivity index (χ2n) is 6.04. The Kier molecular flexibility index (Phi) is 5.59. The van der Waals surface area contributed by atoms with Crippen LogP contribution in [0, 0.1) is 0 Å². The van der Waals surface area contributed by atoms with Crippen molar-refractivity contribution in [3.8, 4) is 0 Å². The maximum absolute atomic E-state index is 12.8. The van der Waals surface area contributed by atoms with Gasteiger partial charge in [0, 0.05) is 37.0 Å². The van der Waals surface area contributed by atoms with Gasteiger partial charge in [0.2, 0.25) is 0 Å². The topological polar surface area (TPSA) is 58.1 Å². The fraction of sp³-hybridized carbons (Fsp3) is 0.190. The first-order valence-electron chi connectivity index (χ1n) is 8.68. The van der Waals surface area contributed by atoms with Crippen LogP contribution >= 0.6 is 0 Å². The minimum absolute atomic E-state index is 0.183. The normalized spacial score (nSPS) is 10.4. The van der Waals surface area contributed by atoms with Gasteiger partial charge in [-0.2, -0.15) is 0 Å². The van der Waals surface area contributed by atoms with Crippen LogP contribution in [0.4, 0.5) is 17.2 Å². The minimum Gasteiger partial charge on any atom is -0.329 e. The number of rotatable bonds is 6. The van der Waals surface area contributed by atoms with E-state index in [1.165, 1.54) is 5.56 Å². The van der Waals surface area contributed by atoms with Crippen molar-refractivity contribution in [2.45, 2.75) is 19.8 Å². The van der Waals surface area contributed by atoms with E-state index in [0.29, 0.717) is 11.4 Å². The highest BCUT2D eigenvalue weighted by molar-refractivity contribution is 6.07. The van der Waals surface area contributed by atoms with Crippen LogP contribution in [0.3, 0.4) is 0 Å². The Bertz CT molecular complexity index is 863. The van der Waals surface area contributed by atoms with Crippen molar-refractivity contribution in [2.24, 2.45) is 0 Å². The summed E-state index contributed by atoms with van der Waals surface area (Å²) in [4.78, 5) is 23.1. The quantitative estimate of drug-likeness (QED) is 0.716. The number of carbonyl (C=O) groups excluding carboxylic acids is 1. The molecule has 0 atom stereocenters. The Balaban J connectivity index is 1.81. The molecule has 3 rings (SSSR count). The summed E-state index contributed by atoms with van der Waals surface area (Å²) >= 11 is 0. The summed E-state index contributed by atoms with van der Waals surface area (Å²) in [6, 6.07) is 15.3. The number of aryl methyl sites for hydroxylation is 1. The van der Waals surface area contributed by atoms with Gasteiger partial charge in [-0.05, 0) is 48.4 Å². The van der Waals surface area contributed by atoms with Crippen LogP contribution in [0.1, 0.15) is 29.3 Å². The Labute approximate surface area is 153 Å². The highest BCUT2D eigenvalue weighted by Gasteiger charge is 2.16. The van der Waals surface area contributed by atoms with Gasteiger partial charge in [-0.1, -0.05) is 25.5 Å². The van der Waals surface area contributed by atoms with Crippen molar-refractivity contribution < 1.29 is 4.79 Å². The first-order valence-corrected chi connectivity index (χ1v) is 8.68. The van der Waals surface area contributed by atoms with Crippen LogP contribution in [-0.2, 0) is 6.42 Å². The number of hydrogen-bond donors (Lipinski definition) is 1. The summed E-state index contributed by atoms with van der Waals surface area (Å²) in [5.41, 5.74) is 3.47. The van der Waals surface area contributed by atoms with Gasteiger partial charge in [-0.15, -0.1) is 0 Å². The second kappa shape index (κ2) is 8.25. The molecule has 0 spiro atoms. The van der Waals surface area contributed by atoms with Crippen LogP contribution in [0.2, 0.25) is 0 Å². The fourth-order valence-corrected chi connectivity index (χ4v) is 2.77. The molecule has 0 aliphatic heterocycles. The van der Waals surface area contributed by atoms with E-state index in [0.717, 1.165) is 24.2 Å². The van der Waals surface area contributed by atoms with Crippen molar-refractivity contribution in [3.05, 3.63) is 78.2 Å². The second-order valence-corrected chi connectivity index (χ2v) is 6.04. The van der Waals surface area contributed by atoms with E-state index < -0.39 is 0 Å². The Morgan fingerprint density at radius 3 is 2.46 bits per heavy atom. The molecule has 2 heterocycles. The molecule has 5 heteroatoms. The molecule has 0 aliphatic rings. The third-order valence-electron chi connectivity index (χ3n) is 4.15. The minimum atomic E-state index is -0.183. The fourth-order valence-electron chi connectivity index (χ4n) is 2.77. The van der Waals surface area contributed by atoms with Crippen molar-refractivity contribution in [1.82, 2.24) is 9.97 Å². The Morgan fingerprint density at radius 1 is 1.04 bits per heavy atom. The van der Waals surface area contributed by atoms with Crippen LogP contribution in [0.15, 0.2) is 67.1 Å². The summed E-state index contributed by atoms with van der Waals surface area (Å²) in [7, 11) is 1.88. The van der Waals surface area contributed by atoms with E-state index >= 15 is 0 Å². The molecule has 0 bridgehead atoms. The molecule has 2 aromatic heterocycles. The van der Waals surface area contributed by atoms with E-state index in [2.05, 4.69) is 22.2 Å². The lowest BCUT2D eigenvalue weighted by molar-refractivity contribution is 0.102. The monoisotopic (exact) mass is 346 g/mol. The van der Waals surface area contributed by atoms with Crippen molar-refractivity contribution in [1.29, 1.82) is 0 Å². The van der Waals surface area contributed by atoms with Gasteiger partial charge in [-0.3, -0.25) is 9.78 Å². The van der Waals surface area contributed by atoms with Gasteiger partial charge < -0.3 is 10.2 Å². The highest BCUT2D eigenvalue weighted by Crippen LogP contribution is 2.25. The Morgan fingerprint density at radius 2 is 1.77 bits per heavy atom. The SMILES string of the molecule is CCCc1ccc(NC(=O)c2cccnc2N(C)c2ccncc2)cc1. The number of anilines is 3. The zero-order valence-corrected chi connectivity index (χ0v) is 15.0. The van der Waals surface area contributed by atoms with E-state index in [4.69, 9.17) is 0 Å². The molecule has 0 aliphatic carbocycles. The number of pyridine rings is 2. The molecule has 132 valence electrons. The average molecular weight is 346 g/mol. The van der Waals surface area contributed by atoms with Crippen LogP contribution < -0.4 is 10.2 Å². The van der Waals surface area contributed by atoms with Crippen molar-refractivity contribution >= 4 is 23.1 Å². The van der Waals surface area contributed by atoms with Gasteiger partial charge in [0.05, 0.1) is 5.56 Å². The van der Waals surface area contributed by atoms with Crippen molar-refractivity contribution in [3.63, 3.8) is 0 Å². The maximum Gasteiger partial charge on any atom is 0.259 e. The van der Waals surface area contributed by atoms with E-state index in [-0.39, 0.29) is 5.91 Å². The standard InChI is InChI=1S/C21H22N4O/c1-3-5-16-7-9-17(10-8-16)24-21(26)19-6-4-13-23-20(19)25(2)18-11-14-22-15-12-18/h4,6-15H,3,5H2,1-2H3,(H,24,26). The van der Waals surface area contributed by atoms with Crippen LogP contribution in [-0.4, -0.2) is 22.9 Å². The van der Waals surface area contributed by atoms with Gasteiger partial charge in [0.25, 0.3) is 5.91 Å². The molecule has 0 unspecified atom stereocenters. The number of nitrogens with one attached hydrogen (secondary N) is 1. The number of carbonyl (C=O) groups is 1. The largest absolute Gasteiger partial charge is 0.329 e. The number of aromatic nitrogens is 2. The molecule has 3 aromatic rings. The van der Waals surface area contributed by atoms with Crippen LogP contribution in [0.25, 0.3) is 0 Å². The molecule has 5 nitrogen and oxygen atoms in total. The molecule has 0 fully saturated rings. The predicted molar refractivity (Wildman–Crippen MR) is 105 cm³/mol. The molecule has 0 radical (unpaired) electrons. The zero-order valence-electron chi connectivity index (χ0n) is 15.0. The number of benzene rings is 1. The average Bonchev–Trinajstić information content (AvgIpc) is 2.70. The number of nitrogens with zero attached hydrogens (tertiary/aromatic N) is 3. The highest BCUT2D eigenvalue weighted by atomic mass is 16.1. The summed E-state index contributed by atoms with van der Waals surface area (Å²) in [6.45, 7) is 2.15. The third-order valence-corrected chi connectivity index (χ3v) is 4.15. The molecule has 1 N–H and O–H groups in total. The van der Waals surface area contributed by atoms with E-state index in [1.807, 2.05) is 48.3 Å². The van der Waals surface area contributed by atoms with Crippen molar-refractivity contribution in [2.75, 3.05) is 17.3 Å². The lowest BCUT2D eigenvalue weighted by atomic mass is 10.1. The van der Waals surface area contributed by atoms with Crippen LogP contribution in [0.5, 0.6) is 0 Å². The first kappa shape index (κ1) is 17.6. The zero-order chi connectivity index (χ0) is 18.4. The van der Waals surface area contributed by atoms with E-state index in [9.17, 15) is 4.79 Å². The summed E-state index contributed by atoms with van der Waals surface area (Å²) in [6.07, 6.45) is 7.26. The van der Waals surface area contributed by atoms with Gasteiger partial charge in [0.15, 0.2) is 0 Å². The predicted octanol–water partition coefficient (Wildman–Crippen LogP) is 4.45. The van der Waals surface area contributed by atoms with E-state index in [1.54, 1.807) is 30.7 Å². The number of amides is 1. The molecule has 0 saturated carbocycles. The van der Waals surface area contributed by atoms with Gasteiger partial charge in [-0.25, -0.2) is 4.98 Å². The third kappa shape index (κ3) is 4.06. The summed E-state index contributed by atoms with van der Waals surface area (Å²) < 4.78 is 0. The lowest BCUT2D eigenvalue weighted by Crippen LogP contribution is -2.19. The summed E-state index contributed by atoms with van der Waals surface area (Å²) in [5.74, 6) is 0.413. The first-order chi connectivity index (χ1) is 12.7. The van der Waals surface area contributed by atoms with Gasteiger partial charge in [0.1, 0.15) is 5.82 Å². The smallest absolute Gasteiger partial charge is 0.259 e. The Hall–Kier alpha value is -3.21. The molecular formula is C21H22N4O. The number of hydrogen-bond acceptors (Lipinski definition) is 4. The summed E-state index contributed by atoms with van der Waals surface area (Å²) in [5, 5.41) is 2.96. The molecule has 1 amide bonds. The maximum atomic E-state index is 12.8.